The SMILES string of the molecule is O=C(Cc1ccc([N+](=O)[O-])cc1)N/N=C/c1ccc(OCc2ccccc2)cc1. The smallest absolute Gasteiger partial charge is 0.269 e. The summed E-state index contributed by atoms with van der Waals surface area (Å²) in [7, 11) is 0. The van der Waals surface area contributed by atoms with E-state index < -0.39 is 4.92 Å². The molecule has 7 heteroatoms. The quantitative estimate of drug-likeness (QED) is 0.359. The fourth-order valence-corrected chi connectivity index (χ4v) is 2.53. The lowest BCUT2D eigenvalue weighted by molar-refractivity contribution is -0.384. The van der Waals surface area contributed by atoms with Gasteiger partial charge in [0.1, 0.15) is 12.4 Å². The van der Waals surface area contributed by atoms with Crippen LogP contribution in [0.15, 0.2) is 84.0 Å². The van der Waals surface area contributed by atoms with Crippen LogP contribution in [0, 0.1) is 10.1 Å². The lowest BCUT2D eigenvalue weighted by atomic mass is 10.1. The summed E-state index contributed by atoms with van der Waals surface area (Å²) in [5.41, 5.74) is 5.01. The highest BCUT2D eigenvalue weighted by atomic mass is 16.6. The van der Waals surface area contributed by atoms with Crippen LogP contribution in [-0.2, 0) is 17.8 Å². The van der Waals surface area contributed by atoms with Gasteiger partial charge in [-0.05, 0) is 41.0 Å². The van der Waals surface area contributed by atoms with Gasteiger partial charge in [-0.2, -0.15) is 5.10 Å². The van der Waals surface area contributed by atoms with Crippen LogP contribution in [0.25, 0.3) is 0 Å². The second-order valence-electron chi connectivity index (χ2n) is 6.24. The summed E-state index contributed by atoms with van der Waals surface area (Å²) >= 11 is 0. The lowest BCUT2D eigenvalue weighted by Crippen LogP contribution is -2.19. The molecule has 0 bridgehead atoms. The van der Waals surface area contributed by atoms with Crippen molar-refractivity contribution in [2.45, 2.75) is 13.0 Å². The van der Waals surface area contributed by atoms with E-state index in [9.17, 15) is 14.9 Å². The van der Waals surface area contributed by atoms with E-state index in [2.05, 4.69) is 10.5 Å². The summed E-state index contributed by atoms with van der Waals surface area (Å²) in [6.07, 6.45) is 1.62. The third-order valence-electron chi connectivity index (χ3n) is 4.04. The molecule has 0 aliphatic heterocycles. The van der Waals surface area contributed by atoms with Crippen LogP contribution in [0.1, 0.15) is 16.7 Å². The van der Waals surface area contributed by atoms with E-state index in [4.69, 9.17) is 4.74 Å². The highest BCUT2D eigenvalue weighted by molar-refractivity contribution is 5.83. The number of carbonyl (C=O) groups is 1. The van der Waals surface area contributed by atoms with Gasteiger partial charge in [0.25, 0.3) is 5.69 Å². The molecule has 0 atom stereocenters. The van der Waals surface area contributed by atoms with Crippen molar-refractivity contribution in [2.75, 3.05) is 0 Å². The summed E-state index contributed by atoms with van der Waals surface area (Å²) < 4.78 is 5.72. The molecule has 1 amide bonds. The van der Waals surface area contributed by atoms with Gasteiger partial charge in [0.05, 0.1) is 17.6 Å². The minimum Gasteiger partial charge on any atom is -0.489 e. The molecule has 146 valence electrons. The van der Waals surface area contributed by atoms with Gasteiger partial charge in [-0.15, -0.1) is 0 Å². The summed E-state index contributed by atoms with van der Waals surface area (Å²) in [6.45, 7) is 0.493. The van der Waals surface area contributed by atoms with E-state index in [1.165, 1.54) is 18.3 Å². The van der Waals surface area contributed by atoms with Crippen molar-refractivity contribution in [3.63, 3.8) is 0 Å². The summed E-state index contributed by atoms with van der Waals surface area (Å²) in [4.78, 5) is 22.1. The molecule has 0 saturated carbocycles. The minimum absolute atomic E-state index is 0.0108. The van der Waals surface area contributed by atoms with E-state index in [0.717, 1.165) is 16.9 Å². The van der Waals surface area contributed by atoms with Crippen LogP contribution in [0.5, 0.6) is 5.75 Å². The van der Waals surface area contributed by atoms with Gasteiger partial charge < -0.3 is 4.74 Å². The Balaban J connectivity index is 1.45. The van der Waals surface area contributed by atoms with Crippen LogP contribution >= 0.6 is 0 Å². The molecular formula is C22H19N3O4. The number of nitro benzene ring substituents is 1. The molecule has 0 heterocycles. The van der Waals surface area contributed by atoms with Gasteiger partial charge in [-0.1, -0.05) is 42.5 Å². The van der Waals surface area contributed by atoms with Gasteiger partial charge in [0.2, 0.25) is 5.91 Å². The zero-order valence-electron chi connectivity index (χ0n) is 15.5. The fourth-order valence-electron chi connectivity index (χ4n) is 2.53. The van der Waals surface area contributed by atoms with Crippen molar-refractivity contribution < 1.29 is 14.5 Å². The zero-order valence-corrected chi connectivity index (χ0v) is 15.5. The Labute approximate surface area is 167 Å². The second kappa shape index (κ2) is 9.80. The Morgan fingerprint density at radius 1 is 0.966 bits per heavy atom. The molecule has 3 rings (SSSR count). The Bertz CT molecular complexity index is 985. The number of carbonyl (C=O) groups excluding carboxylic acids is 1. The number of nitrogens with one attached hydrogen (secondary N) is 1. The second-order valence-corrected chi connectivity index (χ2v) is 6.24. The molecule has 0 spiro atoms. The van der Waals surface area contributed by atoms with E-state index in [1.807, 2.05) is 54.6 Å². The number of nitro groups is 1. The lowest BCUT2D eigenvalue weighted by Gasteiger charge is -2.06. The zero-order chi connectivity index (χ0) is 20.5. The van der Waals surface area contributed by atoms with Crippen molar-refractivity contribution in [2.24, 2.45) is 5.10 Å². The standard InChI is InChI=1S/C22H19N3O4/c26-22(14-17-6-10-20(11-7-17)25(27)28)24-23-15-18-8-12-21(13-9-18)29-16-19-4-2-1-3-5-19/h1-13,15H,14,16H2,(H,24,26)/b23-15+. The number of hydrogen-bond acceptors (Lipinski definition) is 5. The maximum Gasteiger partial charge on any atom is 0.269 e. The van der Waals surface area contributed by atoms with Crippen LogP contribution in [0.4, 0.5) is 5.69 Å². The third kappa shape index (κ3) is 6.28. The van der Waals surface area contributed by atoms with Crippen LogP contribution in [0.2, 0.25) is 0 Å². The number of amides is 1. The van der Waals surface area contributed by atoms with Crippen molar-refractivity contribution in [3.8, 4) is 5.75 Å². The molecule has 29 heavy (non-hydrogen) atoms. The first-order valence-electron chi connectivity index (χ1n) is 8.92. The molecule has 0 fully saturated rings. The molecule has 7 nitrogen and oxygen atoms in total. The number of benzene rings is 3. The first kappa shape index (κ1) is 19.8. The summed E-state index contributed by atoms with van der Waals surface area (Å²) in [6, 6.07) is 23.1. The van der Waals surface area contributed by atoms with E-state index in [-0.39, 0.29) is 18.0 Å². The number of rotatable bonds is 8. The minimum atomic E-state index is -0.480. The number of hydrogen-bond donors (Lipinski definition) is 1. The molecule has 3 aromatic carbocycles. The Hall–Kier alpha value is -4.00. The maximum atomic E-state index is 11.9. The van der Waals surface area contributed by atoms with Gasteiger partial charge >= 0.3 is 0 Å². The monoisotopic (exact) mass is 389 g/mol. The maximum absolute atomic E-state index is 11.9. The molecule has 0 aliphatic carbocycles. The van der Waals surface area contributed by atoms with Crippen molar-refractivity contribution in [3.05, 3.63) is 106 Å². The normalized spacial score (nSPS) is 10.6. The molecular weight excluding hydrogens is 370 g/mol. The highest BCUT2D eigenvalue weighted by Crippen LogP contribution is 2.14. The molecule has 0 saturated heterocycles. The predicted octanol–water partition coefficient (Wildman–Crippen LogP) is 3.87. The number of ether oxygens (including phenoxy) is 1. The van der Waals surface area contributed by atoms with Gasteiger partial charge in [-0.3, -0.25) is 14.9 Å². The topological polar surface area (TPSA) is 93.8 Å². The number of nitrogens with zero attached hydrogens (tertiary/aromatic N) is 2. The molecule has 0 aliphatic rings. The van der Waals surface area contributed by atoms with E-state index in [1.54, 1.807) is 12.1 Å². The summed E-state index contributed by atoms with van der Waals surface area (Å²) in [5.74, 6) is 0.436. The van der Waals surface area contributed by atoms with Gasteiger partial charge in [0.15, 0.2) is 0 Å². The van der Waals surface area contributed by atoms with E-state index in [0.29, 0.717) is 12.2 Å². The van der Waals surface area contributed by atoms with Crippen LogP contribution in [-0.4, -0.2) is 17.0 Å². The third-order valence-corrected chi connectivity index (χ3v) is 4.04. The highest BCUT2D eigenvalue weighted by Gasteiger charge is 2.06. The molecule has 0 unspecified atom stereocenters. The van der Waals surface area contributed by atoms with Gasteiger partial charge in [0, 0.05) is 12.1 Å². The molecule has 1 N–H and O–H groups in total. The Morgan fingerprint density at radius 3 is 2.31 bits per heavy atom. The number of non-ortho nitro benzene ring substituents is 1. The predicted molar refractivity (Wildman–Crippen MR) is 110 cm³/mol. The Morgan fingerprint density at radius 2 is 1.66 bits per heavy atom. The fraction of sp³-hybridized carbons (Fsp3) is 0.0909. The molecule has 0 radical (unpaired) electrons. The van der Waals surface area contributed by atoms with Crippen LogP contribution < -0.4 is 10.2 Å². The van der Waals surface area contributed by atoms with Gasteiger partial charge in [-0.25, -0.2) is 5.43 Å². The van der Waals surface area contributed by atoms with E-state index >= 15 is 0 Å². The average Bonchev–Trinajstić information content (AvgIpc) is 2.74. The average molecular weight is 389 g/mol. The van der Waals surface area contributed by atoms with Crippen molar-refractivity contribution >= 4 is 17.8 Å². The first-order valence-corrected chi connectivity index (χ1v) is 8.92. The van der Waals surface area contributed by atoms with Crippen molar-refractivity contribution in [1.82, 2.24) is 5.43 Å². The molecule has 3 aromatic rings. The van der Waals surface area contributed by atoms with Crippen LogP contribution in [0.3, 0.4) is 0 Å². The largest absolute Gasteiger partial charge is 0.489 e. The number of hydrazone groups is 1. The molecule has 0 aromatic heterocycles. The Kier molecular flexibility index (Phi) is 6.67. The first-order chi connectivity index (χ1) is 14.1. The summed E-state index contributed by atoms with van der Waals surface area (Å²) in [5, 5.41) is 14.6. The van der Waals surface area contributed by atoms with Crippen molar-refractivity contribution in [1.29, 1.82) is 0 Å².